The van der Waals surface area contributed by atoms with Crippen LogP contribution in [0.1, 0.15) is 46.0 Å². The van der Waals surface area contributed by atoms with Gasteiger partial charge in [-0.3, -0.25) is 9.59 Å². The summed E-state index contributed by atoms with van der Waals surface area (Å²) in [5.74, 6) is -0.370. The highest BCUT2D eigenvalue weighted by molar-refractivity contribution is 5.75. The fourth-order valence-corrected chi connectivity index (χ4v) is 1.44. The van der Waals surface area contributed by atoms with Crippen molar-refractivity contribution in [2.45, 2.75) is 52.0 Å². The lowest BCUT2D eigenvalue weighted by Crippen LogP contribution is -2.35. The molecule has 1 N–H and O–H groups in total. The van der Waals surface area contributed by atoms with Gasteiger partial charge in [-0.05, 0) is 6.42 Å². The van der Waals surface area contributed by atoms with E-state index in [9.17, 15) is 9.59 Å². The van der Waals surface area contributed by atoms with Gasteiger partial charge in [-0.15, -0.1) is 0 Å². The Kier molecular flexibility index (Phi) is 7.68. The van der Waals surface area contributed by atoms with Crippen molar-refractivity contribution in [2.24, 2.45) is 0 Å². The second kappa shape index (κ2) is 8.26. The maximum Gasteiger partial charge on any atom is 0.307 e. The van der Waals surface area contributed by atoms with Crippen molar-refractivity contribution in [3.05, 3.63) is 0 Å². The molecule has 1 unspecified atom stereocenters. The van der Waals surface area contributed by atoms with Crippen LogP contribution in [0.4, 0.5) is 0 Å². The number of hydrogen-bond acceptors (Lipinski definition) is 3. The van der Waals surface area contributed by atoms with Crippen LogP contribution in [0, 0.1) is 0 Å². The van der Waals surface area contributed by atoms with Crippen molar-refractivity contribution < 1.29 is 14.3 Å². The zero-order valence-electron chi connectivity index (χ0n) is 9.84. The van der Waals surface area contributed by atoms with Crippen molar-refractivity contribution in [3.63, 3.8) is 0 Å². The number of rotatable bonds is 7. The predicted molar refractivity (Wildman–Crippen MR) is 58.4 cm³/mol. The van der Waals surface area contributed by atoms with Gasteiger partial charge in [0.25, 0.3) is 0 Å². The number of nitrogens with one attached hydrogen (secondary N) is 1. The quantitative estimate of drug-likeness (QED) is 0.519. The highest BCUT2D eigenvalue weighted by atomic mass is 16.5. The van der Waals surface area contributed by atoms with Crippen LogP contribution in [-0.4, -0.2) is 25.0 Å². The highest BCUT2D eigenvalue weighted by Crippen LogP contribution is 2.07. The van der Waals surface area contributed by atoms with Crippen LogP contribution >= 0.6 is 0 Å². The Morgan fingerprint density at radius 3 is 2.47 bits per heavy atom. The molecule has 88 valence electrons. The topological polar surface area (TPSA) is 55.4 Å². The van der Waals surface area contributed by atoms with Crippen molar-refractivity contribution in [2.75, 3.05) is 7.11 Å². The van der Waals surface area contributed by atoms with E-state index in [1.807, 2.05) is 0 Å². The molecule has 0 radical (unpaired) electrons. The van der Waals surface area contributed by atoms with E-state index in [1.54, 1.807) is 0 Å². The van der Waals surface area contributed by atoms with Crippen LogP contribution in [0.5, 0.6) is 0 Å². The SMILES string of the molecule is CCCCCC(CC(=O)OC)NC(C)=O. The van der Waals surface area contributed by atoms with Gasteiger partial charge in [-0.25, -0.2) is 0 Å². The van der Waals surface area contributed by atoms with E-state index in [0.717, 1.165) is 25.7 Å². The Hall–Kier alpha value is -1.06. The number of carbonyl (C=O) groups is 2. The molecule has 0 heterocycles. The first-order valence-corrected chi connectivity index (χ1v) is 5.44. The van der Waals surface area contributed by atoms with Gasteiger partial charge in [-0.2, -0.15) is 0 Å². The molecule has 0 aliphatic heterocycles. The van der Waals surface area contributed by atoms with Gasteiger partial charge in [0.15, 0.2) is 0 Å². The standard InChI is InChI=1S/C11H21NO3/c1-4-5-6-7-10(12-9(2)13)8-11(14)15-3/h10H,4-8H2,1-3H3,(H,12,13). The van der Waals surface area contributed by atoms with Gasteiger partial charge in [0, 0.05) is 13.0 Å². The number of methoxy groups -OCH3 is 1. The van der Waals surface area contributed by atoms with Gasteiger partial charge in [0.05, 0.1) is 13.5 Å². The largest absolute Gasteiger partial charge is 0.469 e. The molecule has 0 saturated carbocycles. The van der Waals surface area contributed by atoms with Crippen molar-refractivity contribution >= 4 is 11.9 Å². The van der Waals surface area contributed by atoms with E-state index in [0.29, 0.717) is 0 Å². The Labute approximate surface area is 91.4 Å². The van der Waals surface area contributed by atoms with Gasteiger partial charge in [0.1, 0.15) is 0 Å². The number of esters is 1. The fourth-order valence-electron chi connectivity index (χ4n) is 1.44. The second-order valence-corrected chi connectivity index (χ2v) is 3.67. The number of amides is 1. The molecule has 0 aromatic carbocycles. The zero-order chi connectivity index (χ0) is 11.7. The minimum Gasteiger partial charge on any atom is -0.469 e. The summed E-state index contributed by atoms with van der Waals surface area (Å²) in [6, 6.07) is -0.0819. The number of unbranched alkanes of at least 4 members (excludes halogenated alkanes) is 2. The molecule has 0 spiro atoms. The van der Waals surface area contributed by atoms with Crippen molar-refractivity contribution in [3.8, 4) is 0 Å². The van der Waals surface area contributed by atoms with Gasteiger partial charge in [0.2, 0.25) is 5.91 Å². The fraction of sp³-hybridized carbons (Fsp3) is 0.818. The lowest BCUT2D eigenvalue weighted by Gasteiger charge is -2.16. The van der Waals surface area contributed by atoms with Gasteiger partial charge >= 0.3 is 5.97 Å². The third-order valence-electron chi connectivity index (χ3n) is 2.20. The summed E-state index contributed by atoms with van der Waals surface area (Å²) >= 11 is 0. The minimum atomic E-state index is -0.273. The van der Waals surface area contributed by atoms with Crippen molar-refractivity contribution in [1.29, 1.82) is 0 Å². The average Bonchev–Trinajstić information content (AvgIpc) is 2.17. The maximum absolute atomic E-state index is 11.1. The normalized spacial score (nSPS) is 11.9. The first-order chi connectivity index (χ1) is 7.10. The number of carbonyl (C=O) groups excluding carboxylic acids is 2. The number of hydrogen-bond donors (Lipinski definition) is 1. The Balaban J connectivity index is 3.94. The van der Waals surface area contributed by atoms with E-state index in [2.05, 4.69) is 17.0 Å². The maximum atomic E-state index is 11.1. The average molecular weight is 215 g/mol. The first-order valence-electron chi connectivity index (χ1n) is 5.44. The van der Waals surface area contributed by atoms with E-state index in [1.165, 1.54) is 14.0 Å². The molecule has 0 rings (SSSR count). The smallest absolute Gasteiger partial charge is 0.307 e. The van der Waals surface area contributed by atoms with Crippen LogP contribution in [0.25, 0.3) is 0 Å². The molecule has 0 aromatic rings. The molecule has 0 fully saturated rings. The molecule has 4 nitrogen and oxygen atoms in total. The van der Waals surface area contributed by atoms with Crippen LogP contribution < -0.4 is 5.32 Å². The summed E-state index contributed by atoms with van der Waals surface area (Å²) in [6.45, 7) is 3.58. The minimum absolute atomic E-state index is 0.0819. The summed E-state index contributed by atoms with van der Waals surface area (Å²) in [5.41, 5.74) is 0. The third kappa shape index (κ3) is 7.97. The molecule has 0 saturated heterocycles. The molecule has 15 heavy (non-hydrogen) atoms. The molecular formula is C11H21NO3. The lowest BCUT2D eigenvalue weighted by atomic mass is 10.1. The van der Waals surface area contributed by atoms with E-state index < -0.39 is 0 Å². The highest BCUT2D eigenvalue weighted by Gasteiger charge is 2.14. The monoisotopic (exact) mass is 215 g/mol. The Morgan fingerprint density at radius 2 is 2.00 bits per heavy atom. The van der Waals surface area contributed by atoms with Gasteiger partial charge < -0.3 is 10.1 Å². The summed E-state index contributed by atoms with van der Waals surface area (Å²) in [4.78, 5) is 22.0. The molecule has 0 aliphatic rings. The summed E-state index contributed by atoms with van der Waals surface area (Å²) in [5, 5.41) is 2.76. The molecule has 0 bridgehead atoms. The summed E-state index contributed by atoms with van der Waals surface area (Å²) < 4.78 is 4.58. The number of ether oxygens (including phenoxy) is 1. The lowest BCUT2D eigenvalue weighted by molar-refractivity contribution is -0.141. The Morgan fingerprint density at radius 1 is 1.33 bits per heavy atom. The van der Waals surface area contributed by atoms with Crippen LogP contribution in [0.2, 0.25) is 0 Å². The van der Waals surface area contributed by atoms with E-state index in [-0.39, 0.29) is 24.3 Å². The molecule has 0 aliphatic carbocycles. The van der Waals surface area contributed by atoms with Crippen LogP contribution in [-0.2, 0) is 14.3 Å². The van der Waals surface area contributed by atoms with E-state index >= 15 is 0 Å². The Bertz CT molecular complexity index is 204. The van der Waals surface area contributed by atoms with Crippen molar-refractivity contribution in [1.82, 2.24) is 5.32 Å². The van der Waals surface area contributed by atoms with Crippen LogP contribution in [0.15, 0.2) is 0 Å². The summed E-state index contributed by atoms with van der Waals surface area (Å²) in [6.07, 6.45) is 4.38. The zero-order valence-corrected chi connectivity index (χ0v) is 9.84. The first kappa shape index (κ1) is 13.9. The molecule has 1 atom stereocenters. The predicted octanol–water partition coefficient (Wildman–Crippen LogP) is 1.63. The molecule has 1 amide bonds. The summed E-state index contributed by atoms with van der Waals surface area (Å²) in [7, 11) is 1.36. The van der Waals surface area contributed by atoms with E-state index in [4.69, 9.17) is 0 Å². The molecule has 0 aromatic heterocycles. The third-order valence-corrected chi connectivity index (χ3v) is 2.20. The molecular weight excluding hydrogens is 194 g/mol. The van der Waals surface area contributed by atoms with Crippen LogP contribution in [0.3, 0.4) is 0 Å². The van der Waals surface area contributed by atoms with Gasteiger partial charge in [-0.1, -0.05) is 26.2 Å². The molecule has 4 heteroatoms. The second-order valence-electron chi connectivity index (χ2n) is 3.67.